The quantitative estimate of drug-likeness (QED) is 0.646. The zero-order chi connectivity index (χ0) is 22.2. The minimum atomic E-state index is -0.455. The van der Waals surface area contributed by atoms with Crippen LogP contribution in [0.5, 0.6) is 0 Å². The Labute approximate surface area is 190 Å². The van der Waals surface area contributed by atoms with Gasteiger partial charge in [-0.3, -0.25) is 4.79 Å². The van der Waals surface area contributed by atoms with E-state index < -0.39 is 5.82 Å². The van der Waals surface area contributed by atoms with Gasteiger partial charge in [0.25, 0.3) is 0 Å². The van der Waals surface area contributed by atoms with Crippen LogP contribution < -0.4 is 11.1 Å². The predicted molar refractivity (Wildman–Crippen MR) is 120 cm³/mol. The largest absolute Gasteiger partial charge is 0.394 e. The van der Waals surface area contributed by atoms with Gasteiger partial charge < -0.3 is 20.9 Å². The number of thioether (sulfide) groups is 1. The molecule has 0 spiro atoms. The molecule has 0 saturated heterocycles. The lowest BCUT2D eigenvalue weighted by atomic mass is 9.76. The molecule has 170 valence electrons. The SMILES string of the molecule is NC(=O)[C@H]1[C@@H]2C[C@H]3[C@H]1Cc1nc(ncc1F)Nc1cccc(c1)C(OCCO)CS[C@@H]3C2. The number of aliphatic hydroxyl groups is 1. The molecule has 2 aliphatic carbocycles. The highest BCUT2D eigenvalue weighted by atomic mass is 32.2. The normalized spacial score (nSPS) is 31.1. The van der Waals surface area contributed by atoms with Crippen molar-refractivity contribution in [3.8, 4) is 0 Å². The Hall–Kier alpha value is -2.23. The maximum Gasteiger partial charge on any atom is 0.227 e. The molecule has 1 unspecified atom stereocenters. The van der Waals surface area contributed by atoms with E-state index in [1.807, 2.05) is 36.0 Å². The van der Waals surface area contributed by atoms with Gasteiger partial charge in [0.05, 0.1) is 31.2 Å². The van der Waals surface area contributed by atoms with Gasteiger partial charge in [0.1, 0.15) is 0 Å². The molecule has 0 radical (unpaired) electrons. The molecule has 2 aromatic rings. The molecule has 9 heteroatoms. The number of anilines is 2. The van der Waals surface area contributed by atoms with Crippen LogP contribution in [0.25, 0.3) is 0 Å². The van der Waals surface area contributed by atoms with Crippen LogP contribution in [0, 0.1) is 29.5 Å². The number of fused-ring (bicyclic) bond motifs is 5. The molecule has 1 aromatic heterocycles. The second kappa shape index (κ2) is 8.96. The Morgan fingerprint density at radius 1 is 1.34 bits per heavy atom. The molecule has 5 rings (SSSR count). The van der Waals surface area contributed by atoms with Crippen molar-refractivity contribution in [3.63, 3.8) is 0 Å². The molecular weight excluding hydrogens is 431 g/mol. The fraction of sp³-hybridized carbons (Fsp3) is 0.522. The number of carbonyl (C=O) groups is 1. The first-order valence-electron chi connectivity index (χ1n) is 11.0. The van der Waals surface area contributed by atoms with Crippen LogP contribution in [-0.4, -0.2) is 45.2 Å². The van der Waals surface area contributed by atoms with Crippen LogP contribution in [-0.2, 0) is 16.0 Å². The number of ether oxygens (including phenoxy) is 1. The maximum atomic E-state index is 14.6. The van der Waals surface area contributed by atoms with E-state index in [2.05, 4.69) is 15.3 Å². The smallest absolute Gasteiger partial charge is 0.227 e. The van der Waals surface area contributed by atoms with Crippen LogP contribution in [0.15, 0.2) is 30.5 Å². The molecule has 6 atom stereocenters. The number of benzene rings is 1. The molecular formula is C23H27FN4O3S. The van der Waals surface area contributed by atoms with Crippen molar-refractivity contribution >= 4 is 29.3 Å². The van der Waals surface area contributed by atoms with E-state index in [-0.39, 0.29) is 48.9 Å². The van der Waals surface area contributed by atoms with Gasteiger partial charge in [-0.1, -0.05) is 12.1 Å². The summed E-state index contributed by atoms with van der Waals surface area (Å²) in [5, 5.41) is 12.8. The van der Waals surface area contributed by atoms with Gasteiger partial charge in [0.2, 0.25) is 11.9 Å². The van der Waals surface area contributed by atoms with Gasteiger partial charge in [-0.15, -0.1) is 0 Å². The van der Waals surface area contributed by atoms with Crippen LogP contribution in [0.1, 0.15) is 30.2 Å². The van der Waals surface area contributed by atoms with Crippen molar-refractivity contribution in [2.24, 2.45) is 29.4 Å². The van der Waals surface area contributed by atoms with Crippen molar-refractivity contribution < 1.29 is 19.0 Å². The third kappa shape index (κ3) is 4.09. The lowest BCUT2D eigenvalue weighted by Gasteiger charge is -2.34. The number of nitrogens with zero attached hydrogens (tertiary/aromatic N) is 2. The average molecular weight is 459 g/mol. The van der Waals surface area contributed by atoms with E-state index in [9.17, 15) is 14.3 Å². The fourth-order valence-corrected chi connectivity index (χ4v) is 7.42. The zero-order valence-electron chi connectivity index (χ0n) is 17.6. The minimum absolute atomic E-state index is 0.0291. The second-order valence-corrected chi connectivity index (χ2v) is 10.2. The second-order valence-electron chi connectivity index (χ2n) is 8.88. The lowest BCUT2D eigenvalue weighted by molar-refractivity contribution is -0.125. The number of rotatable bonds is 4. The Balaban J connectivity index is 1.53. The first-order valence-corrected chi connectivity index (χ1v) is 12.1. The Kier molecular flexibility index (Phi) is 6.05. The highest BCUT2D eigenvalue weighted by Crippen LogP contribution is 2.57. The number of amides is 1. The monoisotopic (exact) mass is 458 g/mol. The number of nitrogens with one attached hydrogen (secondary N) is 1. The maximum absolute atomic E-state index is 14.6. The summed E-state index contributed by atoms with van der Waals surface area (Å²) in [5.41, 5.74) is 7.88. The molecule has 7 nitrogen and oxygen atoms in total. The van der Waals surface area contributed by atoms with Crippen molar-refractivity contribution in [2.45, 2.75) is 30.6 Å². The summed E-state index contributed by atoms with van der Waals surface area (Å²) in [5.74, 6) is 0.539. The van der Waals surface area contributed by atoms with Crippen molar-refractivity contribution in [3.05, 3.63) is 47.5 Å². The van der Waals surface area contributed by atoms with E-state index in [0.29, 0.717) is 23.3 Å². The summed E-state index contributed by atoms with van der Waals surface area (Å²) in [6.07, 6.45) is 3.26. The van der Waals surface area contributed by atoms with Crippen LogP contribution in [0.3, 0.4) is 0 Å². The van der Waals surface area contributed by atoms with Gasteiger partial charge in [0.15, 0.2) is 5.82 Å². The van der Waals surface area contributed by atoms with E-state index in [1.165, 1.54) is 6.20 Å². The van der Waals surface area contributed by atoms with Crippen molar-refractivity contribution in [2.75, 3.05) is 24.3 Å². The minimum Gasteiger partial charge on any atom is -0.394 e. The van der Waals surface area contributed by atoms with E-state index in [0.717, 1.165) is 29.8 Å². The number of hydrogen-bond acceptors (Lipinski definition) is 7. The molecule has 32 heavy (non-hydrogen) atoms. The summed E-state index contributed by atoms with van der Waals surface area (Å²) in [4.78, 5) is 20.9. The molecule has 1 amide bonds. The van der Waals surface area contributed by atoms with Crippen molar-refractivity contribution in [1.29, 1.82) is 0 Å². The highest BCUT2D eigenvalue weighted by molar-refractivity contribution is 7.99. The molecule has 1 aromatic carbocycles. The predicted octanol–water partition coefficient (Wildman–Crippen LogP) is 2.82. The van der Waals surface area contributed by atoms with Crippen LogP contribution in [0.4, 0.5) is 16.0 Å². The first-order chi connectivity index (χ1) is 15.5. The van der Waals surface area contributed by atoms with Crippen molar-refractivity contribution in [1.82, 2.24) is 9.97 Å². The van der Waals surface area contributed by atoms with E-state index in [1.54, 1.807) is 0 Å². The number of aromatic nitrogens is 2. The molecule has 6 bridgehead atoms. The van der Waals surface area contributed by atoms with Crippen LogP contribution in [0.2, 0.25) is 0 Å². The molecule has 3 aliphatic rings. The summed E-state index contributed by atoms with van der Waals surface area (Å²) in [7, 11) is 0. The van der Waals surface area contributed by atoms with E-state index in [4.69, 9.17) is 10.5 Å². The standard InChI is InChI=1S/C23H27FN4O3S/c24-17-10-26-23-27-14-3-1-2-12(6-14)19(31-5-4-29)11-32-20-8-13-7-15(20)16(9-18(17)28-23)21(13)22(25)30/h1-3,6,10,13,15-16,19-21,29H,4-5,7-9,11H2,(H2,25,30)(H,26,27,28)/t13-,15+,16-,19?,20-,21+/m1/s1. The molecule has 1 aliphatic heterocycles. The number of primary amides is 1. The highest BCUT2D eigenvalue weighted by Gasteiger charge is 2.54. The zero-order valence-corrected chi connectivity index (χ0v) is 18.4. The third-order valence-electron chi connectivity index (χ3n) is 7.07. The lowest BCUT2D eigenvalue weighted by Crippen LogP contribution is -2.39. The van der Waals surface area contributed by atoms with Gasteiger partial charge >= 0.3 is 0 Å². The Morgan fingerprint density at radius 3 is 3.03 bits per heavy atom. The summed E-state index contributed by atoms with van der Waals surface area (Å²) in [6, 6.07) is 7.81. The third-order valence-corrected chi connectivity index (χ3v) is 8.53. The molecule has 4 N–H and O–H groups in total. The van der Waals surface area contributed by atoms with Gasteiger partial charge in [-0.05, 0) is 54.7 Å². The van der Waals surface area contributed by atoms with Gasteiger partial charge in [-0.25, -0.2) is 14.4 Å². The number of aliphatic hydroxyl groups excluding tert-OH is 1. The average Bonchev–Trinajstić information content (AvgIpc) is 3.34. The summed E-state index contributed by atoms with van der Waals surface area (Å²) < 4.78 is 20.6. The first kappa shape index (κ1) is 21.6. The Bertz CT molecular complexity index is 1010. The number of hydrogen-bond donors (Lipinski definition) is 3. The number of carbonyl (C=O) groups excluding carboxylic acids is 1. The molecule has 2 fully saturated rings. The Morgan fingerprint density at radius 2 is 2.22 bits per heavy atom. The summed E-state index contributed by atoms with van der Waals surface area (Å²) >= 11 is 1.85. The van der Waals surface area contributed by atoms with Crippen LogP contribution >= 0.6 is 11.8 Å². The fourth-order valence-electron chi connectivity index (χ4n) is 5.77. The topological polar surface area (TPSA) is 110 Å². The van der Waals surface area contributed by atoms with Gasteiger partial charge in [0, 0.05) is 22.6 Å². The number of halogens is 1. The van der Waals surface area contributed by atoms with Gasteiger partial charge in [-0.2, -0.15) is 11.8 Å². The number of nitrogens with two attached hydrogens (primary N) is 1. The summed E-state index contributed by atoms with van der Waals surface area (Å²) in [6.45, 7) is 0.220. The molecule has 2 heterocycles. The molecule has 2 saturated carbocycles. The van der Waals surface area contributed by atoms with E-state index >= 15 is 0 Å².